The van der Waals surface area contributed by atoms with E-state index in [2.05, 4.69) is 13.8 Å². The molecule has 0 aromatic carbocycles. The van der Waals surface area contributed by atoms with E-state index < -0.39 is 0 Å². The second kappa shape index (κ2) is 17.1. The van der Waals surface area contributed by atoms with Crippen molar-refractivity contribution in [3.05, 3.63) is 24.7 Å². The highest BCUT2D eigenvalue weighted by Crippen LogP contribution is 2.09. The van der Waals surface area contributed by atoms with E-state index in [1.165, 1.54) is 0 Å². The molecular formula is C17H34O4. The van der Waals surface area contributed by atoms with Gasteiger partial charge in [0.15, 0.2) is 0 Å². The lowest BCUT2D eigenvalue weighted by atomic mass is 10.0. The van der Waals surface area contributed by atoms with E-state index in [4.69, 9.17) is 15.3 Å². The number of allylic oxidation sites excluding steroid dienone is 2. The molecule has 0 aliphatic carbocycles. The van der Waals surface area contributed by atoms with Crippen LogP contribution in [0.4, 0.5) is 0 Å². The van der Waals surface area contributed by atoms with Gasteiger partial charge < -0.3 is 20.4 Å². The number of aliphatic hydroxyl groups excluding tert-OH is 4. The number of hydrogen-bond acceptors (Lipinski definition) is 4. The highest BCUT2D eigenvalue weighted by molar-refractivity contribution is 4.74. The first-order chi connectivity index (χ1) is 9.97. The average Bonchev–Trinajstić information content (AvgIpc) is 2.39. The van der Waals surface area contributed by atoms with Gasteiger partial charge in [0.1, 0.15) is 0 Å². The zero-order valence-corrected chi connectivity index (χ0v) is 13.8. The molecule has 4 heteroatoms. The van der Waals surface area contributed by atoms with Gasteiger partial charge in [-0.25, -0.2) is 0 Å². The first kappa shape index (κ1) is 22.3. The zero-order chi connectivity index (χ0) is 16.5. The maximum absolute atomic E-state index is 9.33. The molecule has 0 fully saturated rings. The van der Waals surface area contributed by atoms with Crippen LogP contribution in [0.3, 0.4) is 0 Å². The summed E-state index contributed by atoms with van der Waals surface area (Å²) in [6.07, 6.45) is 10.7. The number of rotatable bonds is 10. The number of hydrogen-bond donors (Lipinski definition) is 4. The molecule has 0 amide bonds. The Bertz CT molecular complexity index is 249. The molecule has 0 aromatic rings. The summed E-state index contributed by atoms with van der Waals surface area (Å²) in [5.74, 6) is 0.545. The third-order valence-corrected chi connectivity index (χ3v) is 2.91. The summed E-state index contributed by atoms with van der Waals surface area (Å²) in [5, 5.41) is 35.0. The van der Waals surface area contributed by atoms with Gasteiger partial charge in [-0.05, 0) is 44.4 Å². The third kappa shape index (κ3) is 21.4. The second-order valence-electron chi connectivity index (χ2n) is 5.65. The minimum Gasteiger partial charge on any atom is -0.516 e. The second-order valence-corrected chi connectivity index (χ2v) is 5.65. The van der Waals surface area contributed by atoms with Crippen LogP contribution in [-0.2, 0) is 0 Å². The van der Waals surface area contributed by atoms with Gasteiger partial charge in [-0.15, -0.1) is 0 Å². The van der Waals surface area contributed by atoms with Crippen molar-refractivity contribution >= 4 is 0 Å². The molecule has 0 heterocycles. The largest absolute Gasteiger partial charge is 0.516 e. The predicted molar refractivity (Wildman–Crippen MR) is 88.4 cm³/mol. The smallest absolute Gasteiger partial charge is 0.0751 e. The summed E-state index contributed by atoms with van der Waals surface area (Å²) in [6.45, 7) is 6.22. The van der Waals surface area contributed by atoms with Crippen molar-refractivity contribution in [1.82, 2.24) is 0 Å². The quantitative estimate of drug-likeness (QED) is 0.455. The number of aliphatic hydroxyl groups is 4. The first-order valence-electron chi connectivity index (χ1n) is 7.92. The fraction of sp³-hybridized carbons (Fsp3) is 0.765. The van der Waals surface area contributed by atoms with Crippen LogP contribution in [0.15, 0.2) is 24.7 Å². The third-order valence-electron chi connectivity index (χ3n) is 2.91. The standard InChI is InChI=1S/C9H18O2.C8H16O2/c1-8(2)7-9(11)5-3-4-6-10;1-2-5-8(10)6-3-4-7-9/h4,6,8-11H,3,5,7H2,1-2H3;4,7-10H,2-3,5-6H2,1H3. The summed E-state index contributed by atoms with van der Waals surface area (Å²) in [6, 6.07) is 0. The van der Waals surface area contributed by atoms with Gasteiger partial charge in [0.25, 0.3) is 0 Å². The van der Waals surface area contributed by atoms with Gasteiger partial charge in [-0.3, -0.25) is 0 Å². The molecule has 126 valence electrons. The van der Waals surface area contributed by atoms with Crippen molar-refractivity contribution in [2.75, 3.05) is 0 Å². The van der Waals surface area contributed by atoms with Gasteiger partial charge in [-0.1, -0.05) is 39.3 Å². The Morgan fingerprint density at radius 3 is 1.67 bits per heavy atom. The molecule has 0 aliphatic heterocycles. The van der Waals surface area contributed by atoms with Crippen LogP contribution in [0.5, 0.6) is 0 Å². The Hall–Kier alpha value is -1.00. The summed E-state index contributed by atoms with van der Waals surface area (Å²) in [4.78, 5) is 0. The van der Waals surface area contributed by atoms with Crippen LogP contribution < -0.4 is 0 Å². The molecule has 0 saturated heterocycles. The molecule has 2 unspecified atom stereocenters. The summed E-state index contributed by atoms with van der Waals surface area (Å²) >= 11 is 0. The average molecular weight is 302 g/mol. The molecule has 4 N–H and O–H groups in total. The van der Waals surface area contributed by atoms with Gasteiger partial charge in [0.2, 0.25) is 0 Å². The first-order valence-corrected chi connectivity index (χ1v) is 7.92. The van der Waals surface area contributed by atoms with Crippen molar-refractivity contribution < 1.29 is 20.4 Å². The maximum Gasteiger partial charge on any atom is 0.0751 e. The molecular weight excluding hydrogens is 268 g/mol. The molecule has 0 rings (SSSR count). The lowest BCUT2D eigenvalue weighted by Gasteiger charge is -2.10. The Morgan fingerprint density at radius 1 is 0.810 bits per heavy atom. The normalized spacial score (nSPS) is 14.4. The minimum atomic E-state index is -0.216. The van der Waals surface area contributed by atoms with E-state index >= 15 is 0 Å². The van der Waals surface area contributed by atoms with Gasteiger partial charge in [0, 0.05) is 0 Å². The molecule has 2 atom stereocenters. The molecule has 0 saturated carbocycles. The monoisotopic (exact) mass is 302 g/mol. The highest BCUT2D eigenvalue weighted by Gasteiger charge is 2.04. The van der Waals surface area contributed by atoms with Crippen LogP contribution in [0, 0.1) is 5.92 Å². The summed E-state index contributed by atoms with van der Waals surface area (Å²) < 4.78 is 0. The van der Waals surface area contributed by atoms with E-state index in [1.54, 1.807) is 12.2 Å². The van der Waals surface area contributed by atoms with Crippen molar-refractivity contribution in [1.29, 1.82) is 0 Å². The van der Waals surface area contributed by atoms with Gasteiger partial charge >= 0.3 is 0 Å². The van der Waals surface area contributed by atoms with E-state index in [9.17, 15) is 5.11 Å². The summed E-state index contributed by atoms with van der Waals surface area (Å²) in [7, 11) is 0. The molecule has 0 bridgehead atoms. The fourth-order valence-electron chi connectivity index (χ4n) is 1.87. The maximum atomic E-state index is 9.33. The Morgan fingerprint density at radius 2 is 1.29 bits per heavy atom. The zero-order valence-electron chi connectivity index (χ0n) is 13.8. The molecule has 21 heavy (non-hydrogen) atoms. The molecule has 0 spiro atoms. The Balaban J connectivity index is 0. The molecule has 0 aliphatic rings. The summed E-state index contributed by atoms with van der Waals surface area (Å²) in [5.41, 5.74) is 0. The van der Waals surface area contributed by atoms with Crippen LogP contribution in [0.2, 0.25) is 0 Å². The Kier molecular flexibility index (Phi) is 18.1. The molecule has 4 nitrogen and oxygen atoms in total. The van der Waals surface area contributed by atoms with Crippen LogP contribution in [-0.4, -0.2) is 32.6 Å². The van der Waals surface area contributed by atoms with Crippen molar-refractivity contribution in [3.8, 4) is 0 Å². The van der Waals surface area contributed by atoms with Gasteiger partial charge in [0.05, 0.1) is 24.7 Å². The topological polar surface area (TPSA) is 80.9 Å². The Labute approximate surface area is 129 Å². The van der Waals surface area contributed by atoms with E-state index in [1.807, 2.05) is 6.92 Å². The van der Waals surface area contributed by atoms with Crippen LogP contribution >= 0.6 is 0 Å². The van der Waals surface area contributed by atoms with Gasteiger partial charge in [-0.2, -0.15) is 0 Å². The predicted octanol–water partition coefficient (Wildman–Crippen LogP) is 4.24. The molecule has 0 aromatic heterocycles. The minimum absolute atomic E-state index is 0.193. The fourth-order valence-corrected chi connectivity index (χ4v) is 1.87. The molecule has 0 radical (unpaired) electrons. The van der Waals surface area contributed by atoms with Crippen LogP contribution in [0.25, 0.3) is 0 Å². The van der Waals surface area contributed by atoms with Crippen molar-refractivity contribution in [2.45, 2.75) is 77.9 Å². The lowest BCUT2D eigenvalue weighted by molar-refractivity contribution is 0.140. The van der Waals surface area contributed by atoms with Crippen LogP contribution in [0.1, 0.15) is 65.7 Å². The van der Waals surface area contributed by atoms with E-state index in [-0.39, 0.29) is 12.2 Å². The van der Waals surface area contributed by atoms with E-state index in [0.717, 1.165) is 57.5 Å². The van der Waals surface area contributed by atoms with E-state index in [0.29, 0.717) is 5.92 Å². The lowest BCUT2D eigenvalue weighted by Crippen LogP contribution is -2.09. The highest BCUT2D eigenvalue weighted by atomic mass is 16.3. The van der Waals surface area contributed by atoms with Crippen molar-refractivity contribution in [3.63, 3.8) is 0 Å². The van der Waals surface area contributed by atoms with Crippen molar-refractivity contribution in [2.24, 2.45) is 5.92 Å². The SMILES string of the molecule is CC(C)CC(O)CCC=CO.CCCC(O)CCC=CO.